The molecule has 0 aromatic carbocycles. The molecule has 1 amide bonds. The van der Waals surface area contributed by atoms with Gasteiger partial charge in [0.2, 0.25) is 5.91 Å². The second-order valence-electron chi connectivity index (χ2n) is 7.68. The van der Waals surface area contributed by atoms with Gasteiger partial charge in [-0.1, -0.05) is 0 Å². The number of amides is 1. The van der Waals surface area contributed by atoms with Gasteiger partial charge in [0, 0.05) is 25.0 Å². The molecule has 2 aliphatic rings. The molecule has 5 nitrogen and oxygen atoms in total. The summed E-state index contributed by atoms with van der Waals surface area (Å²) >= 11 is 1.70. The highest BCUT2D eigenvalue weighted by molar-refractivity contribution is 7.09. The van der Waals surface area contributed by atoms with Gasteiger partial charge >= 0.3 is 0 Å². The average Bonchev–Trinajstić information content (AvgIpc) is 2.99. The predicted octanol–water partition coefficient (Wildman–Crippen LogP) is 2.12. The van der Waals surface area contributed by atoms with E-state index in [1.807, 2.05) is 30.3 Å². The minimum Gasteiger partial charge on any atom is -0.391 e. The van der Waals surface area contributed by atoms with Crippen molar-refractivity contribution in [3.63, 3.8) is 0 Å². The van der Waals surface area contributed by atoms with E-state index < -0.39 is 11.6 Å². The van der Waals surface area contributed by atoms with Crippen molar-refractivity contribution >= 4 is 17.2 Å². The van der Waals surface area contributed by atoms with Crippen LogP contribution in [0.3, 0.4) is 0 Å². The van der Waals surface area contributed by atoms with Crippen LogP contribution in [-0.2, 0) is 11.3 Å². The van der Waals surface area contributed by atoms with Gasteiger partial charge in [0.25, 0.3) is 0 Å². The van der Waals surface area contributed by atoms with Crippen LogP contribution in [0.2, 0.25) is 0 Å². The predicted molar refractivity (Wildman–Crippen MR) is 91.1 cm³/mol. The zero-order valence-corrected chi connectivity index (χ0v) is 15.1. The van der Waals surface area contributed by atoms with Crippen LogP contribution in [0.4, 0.5) is 0 Å². The Labute approximate surface area is 142 Å². The lowest BCUT2D eigenvalue weighted by Gasteiger charge is -2.55. The van der Waals surface area contributed by atoms with Gasteiger partial charge in [-0.25, -0.2) is 4.98 Å². The fraction of sp³-hybridized carbons (Fsp3) is 0.765. The van der Waals surface area contributed by atoms with Gasteiger partial charge in [-0.2, -0.15) is 0 Å². The molecule has 1 N–H and O–H groups in total. The maximum atomic E-state index is 12.1. The highest BCUT2D eigenvalue weighted by Gasteiger charge is 2.50. The van der Waals surface area contributed by atoms with E-state index in [0.717, 1.165) is 50.4 Å². The van der Waals surface area contributed by atoms with Gasteiger partial charge < -0.3 is 10.0 Å². The summed E-state index contributed by atoms with van der Waals surface area (Å²) < 4.78 is 0. The Bertz CT molecular complexity index is 550. The first-order chi connectivity index (χ1) is 10.8. The number of hydrogen-bond donors (Lipinski definition) is 1. The SMILES string of the molecule is CC(=O)N1CC2(CCN(Cc3nccs3)CC2)C[C@@H](O)C1(C)C. The number of carbonyl (C=O) groups is 1. The lowest BCUT2D eigenvalue weighted by molar-refractivity contribution is -0.157. The maximum Gasteiger partial charge on any atom is 0.219 e. The number of aliphatic hydroxyl groups is 1. The van der Waals surface area contributed by atoms with Gasteiger partial charge in [0.1, 0.15) is 5.01 Å². The summed E-state index contributed by atoms with van der Waals surface area (Å²) in [6.45, 7) is 9.28. The summed E-state index contributed by atoms with van der Waals surface area (Å²) in [4.78, 5) is 20.7. The highest BCUT2D eigenvalue weighted by atomic mass is 32.1. The smallest absolute Gasteiger partial charge is 0.219 e. The third kappa shape index (κ3) is 3.30. The molecule has 2 aliphatic heterocycles. The van der Waals surface area contributed by atoms with Gasteiger partial charge in [0.05, 0.1) is 18.2 Å². The van der Waals surface area contributed by atoms with E-state index in [2.05, 4.69) is 9.88 Å². The molecule has 0 bridgehead atoms. The molecule has 1 atom stereocenters. The summed E-state index contributed by atoms with van der Waals surface area (Å²) in [6, 6.07) is 0. The summed E-state index contributed by atoms with van der Waals surface area (Å²) in [5.41, 5.74) is -0.394. The quantitative estimate of drug-likeness (QED) is 0.898. The standard InChI is InChI=1S/C17H27N3O2S/c1-13(21)20-12-17(10-14(22)16(20,2)3)4-7-19(8-5-17)11-15-18-6-9-23-15/h6,9,14,22H,4-5,7-8,10-12H2,1-3H3/t14-/m1/s1. The monoisotopic (exact) mass is 337 g/mol. The largest absolute Gasteiger partial charge is 0.391 e. The van der Waals surface area contributed by atoms with Crippen LogP contribution < -0.4 is 0 Å². The van der Waals surface area contributed by atoms with E-state index in [1.54, 1.807) is 18.3 Å². The Morgan fingerprint density at radius 1 is 1.43 bits per heavy atom. The molecular formula is C17H27N3O2S. The molecule has 3 heterocycles. The molecule has 0 saturated carbocycles. The Kier molecular flexibility index (Phi) is 4.51. The molecule has 0 aliphatic carbocycles. The van der Waals surface area contributed by atoms with Crippen molar-refractivity contribution in [2.24, 2.45) is 5.41 Å². The minimum atomic E-state index is -0.463. The van der Waals surface area contributed by atoms with E-state index in [1.165, 1.54) is 0 Å². The second kappa shape index (κ2) is 6.15. The minimum absolute atomic E-state index is 0.0679. The fourth-order valence-corrected chi connectivity index (χ4v) is 4.69. The van der Waals surface area contributed by atoms with Gasteiger partial charge in [-0.3, -0.25) is 9.69 Å². The Hall–Kier alpha value is -0.980. The molecule has 0 unspecified atom stereocenters. The Balaban J connectivity index is 1.66. The van der Waals surface area contributed by atoms with Crippen LogP contribution in [0.5, 0.6) is 0 Å². The number of hydrogen-bond acceptors (Lipinski definition) is 5. The van der Waals surface area contributed by atoms with Crippen molar-refractivity contribution in [3.05, 3.63) is 16.6 Å². The summed E-state index contributed by atoms with van der Waals surface area (Å²) in [5, 5.41) is 13.8. The molecule has 6 heteroatoms. The van der Waals surface area contributed by atoms with Gasteiger partial charge in [-0.05, 0) is 51.6 Å². The number of likely N-dealkylation sites (tertiary alicyclic amines) is 2. The number of aromatic nitrogens is 1. The molecule has 0 radical (unpaired) electrons. The van der Waals surface area contributed by atoms with Crippen LogP contribution in [0.1, 0.15) is 45.0 Å². The molecule has 2 saturated heterocycles. The highest BCUT2D eigenvalue weighted by Crippen LogP contribution is 2.45. The van der Waals surface area contributed by atoms with E-state index in [-0.39, 0.29) is 11.3 Å². The van der Waals surface area contributed by atoms with Crippen molar-refractivity contribution in [1.29, 1.82) is 0 Å². The molecule has 1 aromatic heterocycles. The normalized spacial score (nSPS) is 27.3. The lowest BCUT2D eigenvalue weighted by Crippen LogP contribution is -2.64. The molecule has 23 heavy (non-hydrogen) atoms. The second-order valence-corrected chi connectivity index (χ2v) is 8.66. The van der Waals surface area contributed by atoms with Crippen molar-refractivity contribution in [2.75, 3.05) is 19.6 Å². The summed E-state index contributed by atoms with van der Waals surface area (Å²) in [5.74, 6) is 0.0679. The Morgan fingerprint density at radius 3 is 2.70 bits per heavy atom. The molecule has 2 fully saturated rings. The number of thiazole rings is 1. The number of nitrogens with zero attached hydrogens (tertiary/aromatic N) is 3. The third-order valence-corrected chi connectivity index (χ3v) is 6.53. The van der Waals surface area contributed by atoms with E-state index in [0.29, 0.717) is 0 Å². The van der Waals surface area contributed by atoms with Crippen molar-refractivity contribution < 1.29 is 9.90 Å². The lowest BCUT2D eigenvalue weighted by atomic mass is 9.67. The first-order valence-corrected chi connectivity index (χ1v) is 9.27. The molecule has 1 spiro atoms. The first kappa shape index (κ1) is 16.9. The average molecular weight is 337 g/mol. The number of rotatable bonds is 2. The van der Waals surface area contributed by atoms with E-state index in [9.17, 15) is 9.90 Å². The zero-order valence-electron chi connectivity index (χ0n) is 14.3. The molecule has 3 rings (SSSR count). The van der Waals surface area contributed by atoms with Crippen molar-refractivity contribution in [1.82, 2.24) is 14.8 Å². The maximum absolute atomic E-state index is 12.1. The van der Waals surface area contributed by atoms with Crippen LogP contribution in [0, 0.1) is 5.41 Å². The van der Waals surface area contributed by atoms with Gasteiger partial charge in [-0.15, -0.1) is 11.3 Å². The number of aliphatic hydroxyl groups excluding tert-OH is 1. The fourth-order valence-electron chi connectivity index (χ4n) is 4.03. The first-order valence-electron chi connectivity index (χ1n) is 8.39. The topological polar surface area (TPSA) is 56.7 Å². The Morgan fingerprint density at radius 2 is 2.13 bits per heavy atom. The summed E-state index contributed by atoms with van der Waals surface area (Å²) in [6.07, 6.45) is 4.28. The van der Waals surface area contributed by atoms with Crippen molar-refractivity contribution in [2.45, 2.75) is 58.2 Å². The van der Waals surface area contributed by atoms with Crippen LogP contribution in [0.15, 0.2) is 11.6 Å². The molecule has 128 valence electrons. The summed E-state index contributed by atoms with van der Waals surface area (Å²) in [7, 11) is 0. The molecular weight excluding hydrogens is 310 g/mol. The van der Waals surface area contributed by atoms with Crippen LogP contribution >= 0.6 is 11.3 Å². The number of carbonyl (C=O) groups excluding carboxylic acids is 1. The van der Waals surface area contributed by atoms with Gasteiger partial charge in [0.15, 0.2) is 0 Å². The molecule has 1 aromatic rings. The van der Waals surface area contributed by atoms with E-state index >= 15 is 0 Å². The third-order valence-electron chi connectivity index (χ3n) is 5.77. The van der Waals surface area contributed by atoms with Crippen molar-refractivity contribution in [3.8, 4) is 0 Å². The van der Waals surface area contributed by atoms with Crippen LogP contribution in [0.25, 0.3) is 0 Å². The zero-order chi connectivity index (χ0) is 16.7. The van der Waals surface area contributed by atoms with Crippen LogP contribution in [-0.4, -0.2) is 57.1 Å². The number of piperidine rings is 2. The van der Waals surface area contributed by atoms with E-state index in [4.69, 9.17) is 0 Å².